The maximum atomic E-state index is 12.8. The Morgan fingerprint density at radius 3 is 2.79 bits per heavy atom. The molecule has 1 aliphatic heterocycles. The largest absolute Gasteiger partial charge is 0.463 e. The zero-order valence-corrected chi connectivity index (χ0v) is 17.0. The number of hydrogen-bond acceptors (Lipinski definition) is 7. The molecule has 3 rings (SSSR count). The third-order valence-electron chi connectivity index (χ3n) is 4.31. The van der Waals surface area contributed by atoms with E-state index in [0.29, 0.717) is 22.2 Å². The summed E-state index contributed by atoms with van der Waals surface area (Å²) in [6.45, 7) is 5.94. The Kier molecular flexibility index (Phi) is 5.98. The first-order valence-electron chi connectivity index (χ1n) is 8.80. The number of amides is 2. The number of hydrogen-bond donors (Lipinski definition) is 2. The van der Waals surface area contributed by atoms with Crippen LogP contribution in [0.3, 0.4) is 0 Å². The second-order valence-electron chi connectivity index (χ2n) is 6.38. The van der Waals surface area contributed by atoms with E-state index in [9.17, 15) is 9.59 Å². The molecule has 28 heavy (non-hydrogen) atoms. The van der Waals surface area contributed by atoms with Gasteiger partial charge in [-0.1, -0.05) is 35.5 Å². The monoisotopic (exact) mass is 402 g/mol. The molecule has 0 fully saturated rings. The lowest BCUT2D eigenvalue weighted by atomic mass is 9.91. The van der Waals surface area contributed by atoms with Crippen LogP contribution >= 0.6 is 11.8 Å². The van der Waals surface area contributed by atoms with Crippen molar-refractivity contribution in [1.29, 1.82) is 0 Å². The summed E-state index contributed by atoms with van der Waals surface area (Å²) in [5.74, 6) is -0.149. The average Bonchev–Trinajstić information content (AvgIpc) is 3.04. The van der Waals surface area contributed by atoms with Crippen LogP contribution in [-0.4, -0.2) is 44.6 Å². The van der Waals surface area contributed by atoms with E-state index in [2.05, 4.69) is 26.2 Å². The van der Waals surface area contributed by atoms with Crippen molar-refractivity contribution in [3.63, 3.8) is 0 Å². The molecule has 1 unspecified atom stereocenters. The van der Waals surface area contributed by atoms with Crippen LogP contribution < -0.4 is 10.6 Å². The van der Waals surface area contributed by atoms with E-state index in [1.165, 1.54) is 16.4 Å². The molecule has 10 heteroatoms. The Labute approximate surface area is 166 Å². The van der Waals surface area contributed by atoms with Crippen molar-refractivity contribution in [2.75, 3.05) is 12.4 Å². The summed E-state index contributed by atoms with van der Waals surface area (Å²) in [5.41, 5.74) is 3.81. The number of nitrogens with zero attached hydrogens (tertiary/aromatic N) is 4. The Bertz CT molecular complexity index is 939. The quantitative estimate of drug-likeness (QED) is 0.560. The Morgan fingerprint density at radius 1 is 1.36 bits per heavy atom. The minimum absolute atomic E-state index is 0.240. The van der Waals surface area contributed by atoms with Crippen LogP contribution in [0.4, 0.5) is 4.79 Å². The summed E-state index contributed by atoms with van der Waals surface area (Å²) in [6, 6.07) is 4.94. The van der Waals surface area contributed by atoms with Gasteiger partial charge in [0.05, 0.1) is 18.2 Å². The number of nitrogens with one attached hydrogen (secondary N) is 2. The number of benzene rings is 1. The Balaban J connectivity index is 2.02. The van der Waals surface area contributed by atoms with Crippen LogP contribution in [0, 0.1) is 13.8 Å². The molecule has 0 radical (unpaired) electrons. The maximum Gasteiger partial charge on any atom is 0.338 e. The number of esters is 1. The van der Waals surface area contributed by atoms with E-state index in [1.807, 2.05) is 32.0 Å². The molecule has 0 spiro atoms. The molecule has 1 atom stereocenters. The number of tetrazole rings is 1. The minimum Gasteiger partial charge on any atom is -0.463 e. The summed E-state index contributed by atoms with van der Waals surface area (Å²) in [6.07, 6.45) is 0. The molecule has 2 N–H and O–H groups in total. The zero-order chi connectivity index (χ0) is 20.3. The van der Waals surface area contributed by atoms with Gasteiger partial charge in [-0.3, -0.25) is 0 Å². The predicted molar refractivity (Wildman–Crippen MR) is 104 cm³/mol. The van der Waals surface area contributed by atoms with E-state index in [-0.39, 0.29) is 12.6 Å². The molecule has 0 saturated heterocycles. The van der Waals surface area contributed by atoms with Crippen molar-refractivity contribution in [2.45, 2.75) is 32.0 Å². The molecule has 1 aromatic carbocycles. The number of aryl methyl sites for hydroxylation is 3. The Morgan fingerprint density at radius 2 is 2.14 bits per heavy atom. The molecule has 1 aliphatic rings. The molecule has 148 valence electrons. The van der Waals surface area contributed by atoms with Crippen LogP contribution in [0.1, 0.15) is 29.7 Å². The van der Waals surface area contributed by atoms with E-state index in [1.54, 1.807) is 14.0 Å². The number of carbonyl (C=O) groups is 2. The number of urea groups is 1. The van der Waals surface area contributed by atoms with E-state index < -0.39 is 12.0 Å². The topological polar surface area (TPSA) is 111 Å². The third-order valence-corrected chi connectivity index (χ3v) is 5.35. The van der Waals surface area contributed by atoms with Crippen LogP contribution in [0.25, 0.3) is 0 Å². The molecular formula is C18H22N6O3S. The van der Waals surface area contributed by atoms with Crippen molar-refractivity contribution in [1.82, 2.24) is 30.8 Å². The van der Waals surface area contributed by atoms with Gasteiger partial charge in [0.2, 0.25) is 5.16 Å². The van der Waals surface area contributed by atoms with Gasteiger partial charge in [-0.05, 0) is 42.3 Å². The van der Waals surface area contributed by atoms with Gasteiger partial charge >= 0.3 is 12.0 Å². The fraction of sp³-hybridized carbons (Fsp3) is 0.389. The molecule has 1 aromatic heterocycles. The lowest BCUT2D eigenvalue weighted by Gasteiger charge is -2.30. The van der Waals surface area contributed by atoms with Gasteiger partial charge in [-0.25, -0.2) is 14.3 Å². The highest BCUT2D eigenvalue weighted by molar-refractivity contribution is 7.99. The number of aromatic nitrogens is 4. The van der Waals surface area contributed by atoms with Crippen molar-refractivity contribution in [2.24, 2.45) is 7.05 Å². The highest BCUT2D eigenvalue weighted by Crippen LogP contribution is 2.32. The van der Waals surface area contributed by atoms with Crippen molar-refractivity contribution in [3.05, 3.63) is 46.2 Å². The molecule has 0 aliphatic carbocycles. The van der Waals surface area contributed by atoms with Gasteiger partial charge in [0.25, 0.3) is 0 Å². The summed E-state index contributed by atoms with van der Waals surface area (Å²) in [4.78, 5) is 25.1. The van der Waals surface area contributed by atoms with Crippen LogP contribution in [0.5, 0.6) is 0 Å². The molecule has 2 amide bonds. The minimum atomic E-state index is -0.596. The summed E-state index contributed by atoms with van der Waals surface area (Å²) < 4.78 is 6.81. The first-order valence-corrected chi connectivity index (χ1v) is 9.79. The van der Waals surface area contributed by atoms with Crippen LogP contribution in [-0.2, 0) is 16.6 Å². The second kappa shape index (κ2) is 8.42. The predicted octanol–water partition coefficient (Wildman–Crippen LogP) is 1.79. The number of ether oxygens (including phenoxy) is 1. The summed E-state index contributed by atoms with van der Waals surface area (Å²) >= 11 is 1.32. The molecule has 2 aromatic rings. The second-order valence-corrected chi connectivity index (χ2v) is 7.32. The van der Waals surface area contributed by atoms with Gasteiger partial charge in [-0.15, -0.1) is 5.10 Å². The van der Waals surface area contributed by atoms with Gasteiger partial charge in [0.15, 0.2) is 0 Å². The van der Waals surface area contributed by atoms with Gasteiger partial charge < -0.3 is 15.4 Å². The number of carbonyl (C=O) groups excluding carboxylic acids is 2. The molecular weight excluding hydrogens is 380 g/mol. The lowest BCUT2D eigenvalue weighted by molar-refractivity contribution is -0.139. The lowest BCUT2D eigenvalue weighted by Crippen LogP contribution is -2.46. The summed E-state index contributed by atoms with van der Waals surface area (Å²) in [7, 11) is 1.72. The fourth-order valence-electron chi connectivity index (χ4n) is 3.04. The number of thioether (sulfide) groups is 1. The standard InChI is InChI=1S/C18H22N6O3S/c1-5-27-16(25)14-13(9-28-18-21-22-23-24(18)4)19-17(26)20-15(14)12-7-6-10(2)8-11(12)3/h6-8,15H,5,9H2,1-4H3,(H2,19,20,26). The normalized spacial score (nSPS) is 16.6. The maximum absolute atomic E-state index is 12.8. The van der Waals surface area contributed by atoms with Gasteiger partial charge in [0.1, 0.15) is 0 Å². The highest BCUT2D eigenvalue weighted by atomic mass is 32.2. The molecule has 2 heterocycles. The van der Waals surface area contributed by atoms with Crippen molar-refractivity contribution in [3.8, 4) is 0 Å². The fourth-order valence-corrected chi connectivity index (χ4v) is 3.86. The first-order chi connectivity index (χ1) is 13.4. The number of rotatable bonds is 6. The average molecular weight is 402 g/mol. The van der Waals surface area contributed by atoms with Crippen LogP contribution in [0.15, 0.2) is 34.6 Å². The van der Waals surface area contributed by atoms with Gasteiger partial charge in [0, 0.05) is 18.5 Å². The van der Waals surface area contributed by atoms with Gasteiger partial charge in [-0.2, -0.15) is 0 Å². The smallest absolute Gasteiger partial charge is 0.338 e. The SMILES string of the molecule is CCOC(=O)C1=C(CSc2nnnn2C)NC(=O)NC1c1ccc(C)cc1C. The molecule has 9 nitrogen and oxygen atoms in total. The van der Waals surface area contributed by atoms with Crippen molar-refractivity contribution < 1.29 is 14.3 Å². The van der Waals surface area contributed by atoms with Crippen molar-refractivity contribution >= 4 is 23.8 Å². The molecule has 0 saturated carbocycles. The zero-order valence-electron chi connectivity index (χ0n) is 16.1. The highest BCUT2D eigenvalue weighted by Gasteiger charge is 2.34. The summed E-state index contributed by atoms with van der Waals surface area (Å²) in [5, 5.41) is 17.5. The first kappa shape index (κ1) is 19.9. The van der Waals surface area contributed by atoms with E-state index >= 15 is 0 Å². The van der Waals surface area contributed by atoms with Crippen LogP contribution in [0.2, 0.25) is 0 Å². The molecule has 0 bridgehead atoms. The third kappa shape index (κ3) is 4.16. The van der Waals surface area contributed by atoms with E-state index in [0.717, 1.165) is 16.7 Å². The Hall–Kier alpha value is -2.88. The van der Waals surface area contributed by atoms with E-state index in [4.69, 9.17) is 4.74 Å².